The highest BCUT2D eigenvalue weighted by molar-refractivity contribution is 5.98. The molecule has 1 atom stereocenters. The van der Waals surface area contributed by atoms with Crippen LogP contribution in [0.2, 0.25) is 0 Å². The standard InChI is InChI=1S/C18H21FN4O2/c1-12(14-4-2-3-5-15(14)19)22-6-8-23(9-7-22)18(25)16-10-13(11-21-16)17(20)24/h2-5,10-12,21H,6-9H2,1H3,(H2,20,24). The zero-order valence-corrected chi connectivity index (χ0v) is 14.0. The highest BCUT2D eigenvalue weighted by atomic mass is 19.1. The Bertz CT molecular complexity index is 781. The van der Waals surface area contributed by atoms with Crippen LogP contribution in [0.4, 0.5) is 4.39 Å². The number of nitrogens with two attached hydrogens (primary N) is 1. The minimum atomic E-state index is -0.571. The Labute approximate surface area is 145 Å². The third-order valence-electron chi connectivity index (χ3n) is 4.70. The van der Waals surface area contributed by atoms with E-state index in [1.54, 1.807) is 17.0 Å². The molecule has 1 fully saturated rings. The first kappa shape index (κ1) is 17.2. The summed E-state index contributed by atoms with van der Waals surface area (Å²) in [5.41, 5.74) is 6.51. The second-order valence-electron chi connectivity index (χ2n) is 6.19. The Hall–Kier alpha value is -2.67. The maximum atomic E-state index is 14.0. The molecule has 25 heavy (non-hydrogen) atoms. The molecule has 0 bridgehead atoms. The molecule has 0 aliphatic carbocycles. The molecular weight excluding hydrogens is 323 g/mol. The quantitative estimate of drug-likeness (QED) is 0.887. The summed E-state index contributed by atoms with van der Waals surface area (Å²) in [5, 5.41) is 0. The van der Waals surface area contributed by atoms with Gasteiger partial charge in [-0.2, -0.15) is 0 Å². The monoisotopic (exact) mass is 344 g/mol. The van der Waals surface area contributed by atoms with Crippen LogP contribution < -0.4 is 5.73 Å². The van der Waals surface area contributed by atoms with E-state index >= 15 is 0 Å². The zero-order valence-electron chi connectivity index (χ0n) is 14.0. The number of carbonyl (C=O) groups is 2. The number of aromatic amines is 1. The molecule has 132 valence electrons. The zero-order chi connectivity index (χ0) is 18.0. The molecule has 3 N–H and O–H groups in total. The maximum Gasteiger partial charge on any atom is 0.270 e. The van der Waals surface area contributed by atoms with Crippen molar-refractivity contribution in [2.45, 2.75) is 13.0 Å². The Kier molecular flexibility index (Phi) is 4.85. The lowest BCUT2D eigenvalue weighted by molar-refractivity contribution is 0.0574. The van der Waals surface area contributed by atoms with Crippen LogP contribution in [0.5, 0.6) is 0 Å². The predicted molar refractivity (Wildman–Crippen MR) is 91.6 cm³/mol. The van der Waals surface area contributed by atoms with Crippen molar-refractivity contribution in [2.75, 3.05) is 26.2 Å². The molecule has 2 aromatic rings. The third kappa shape index (κ3) is 3.56. The van der Waals surface area contributed by atoms with Crippen molar-refractivity contribution >= 4 is 11.8 Å². The fourth-order valence-corrected chi connectivity index (χ4v) is 3.15. The van der Waals surface area contributed by atoms with Crippen molar-refractivity contribution in [2.24, 2.45) is 5.73 Å². The molecule has 2 heterocycles. The largest absolute Gasteiger partial charge is 0.366 e. The van der Waals surface area contributed by atoms with Gasteiger partial charge >= 0.3 is 0 Å². The van der Waals surface area contributed by atoms with E-state index in [0.717, 1.165) is 0 Å². The fraction of sp³-hybridized carbons (Fsp3) is 0.333. The number of piperazine rings is 1. The number of nitrogens with zero attached hydrogens (tertiary/aromatic N) is 2. The number of primary amides is 1. The summed E-state index contributed by atoms with van der Waals surface area (Å²) < 4.78 is 14.0. The van der Waals surface area contributed by atoms with Gasteiger partial charge < -0.3 is 15.6 Å². The number of H-pyrrole nitrogens is 1. The first-order chi connectivity index (χ1) is 12.0. The van der Waals surface area contributed by atoms with Gasteiger partial charge in [0.2, 0.25) is 5.91 Å². The van der Waals surface area contributed by atoms with E-state index in [2.05, 4.69) is 9.88 Å². The van der Waals surface area contributed by atoms with Crippen molar-refractivity contribution in [3.63, 3.8) is 0 Å². The number of halogens is 1. The Morgan fingerprint density at radius 2 is 1.88 bits per heavy atom. The molecule has 1 aliphatic rings. The Balaban J connectivity index is 1.62. The minimum absolute atomic E-state index is 0.0506. The fourth-order valence-electron chi connectivity index (χ4n) is 3.15. The first-order valence-electron chi connectivity index (χ1n) is 8.23. The van der Waals surface area contributed by atoms with Gasteiger partial charge in [0.1, 0.15) is 11.5 Å². The van der Waals surface area contributed by atoms with Crippen LogP contribution in [-0.2, 0) is 0 Å². The molecule has 7 heteroatoms. The molecule has 1 unspecified atom stereocenters. The van der Waals surface area contributed by atoms with Gasteiger partial charge in [0.15, 0.2) is 0 Å². The van der Waals surface area contributed by atoms with Gasteiger partial charge in [-0.15, -0.1) is 0 Å². The summed E-state index contributed by atoms with van der Waals surface area (Å²) in [4.78, 5) is 30.3. The summed E-state index contributed by atoms with van der Waals surface area (Å²) in [7, 11) is 0. The number of aromatic nitrogens is 1. The predicted octanol–water partition coefficient (Wildman–Crippen LogP) is 1.77. The molecule has 0 saturated carbocycles. The SMILES string of the molecule is CC(c1ccccc1F)N1CCN(C(=O)c2cc(C(N)=O)c[nH]2)CC1. The van der Waals surface area contributed by atoms with Crippen molar-refractivity contribution in [3.05, 3.63) is 59.2 Å². The van der Waals surface area contributed by atoms with Gasteiger partial charge in [0, 0.05) is 44.0 Å². The van der Waals surface area contributed by atoms with E-state index in [0.29, 0.717) is 37.4 Å². The molecular formula is C18H21FN4O2. The van der Waals surface area contributed by atoms with Gasteiger partial charge in [-0.3, -0.25) is 14.5 Å². The van der Waals surface area contributed by atoms with E-state index < -0.39 is 5.91 Å². The molecule has 2 amide bonds. The van der Waals surface area contributed by atoms with Crippen molar-refractivity contribution in [1.29, 1.82) is 0 Å². The molecule has 0 radical (unpaired) electrons. The van der Waals surface area contributed by atoms with Gasteiger partial charge in [-0.05, 0) is 19.1 Å². The molecule has 3 rings (SSSR count). The van der Waals surface area contributed by atoms with Crippen LogP contribution in [0, 0.1) is 5.82 Å². The molecule has 1 aromatic carbocycles. The number of carbonyl (C=O) groups excluding carboxylic acids is 2. The highest BCUT2D eigenvalue weighted by Crippen LogP contribution is 2.24. The lowest BCUT2D eigenvalue weighted by Crippen LogP contribution is -2.49. The van der Waals surface area contributed by atoms with Crippen LogP contribution >= 0.6 is 0 Å². The average molecular weight is 344 g/mol. The summed E-state index contributed by atoms with van der Waals surface area (Å²) in [5.74, 6) is -0.941. The van der Waals surface area contributed by atoms with E-state index in [4.69, 9.17) is 5.73 Å². The second kappa shape index (κ2) is 7.06. The minimum Gasteiger partial charge on any atom is -0.366 e. The van der Waals surface area contributed by atoms with Gasteiger partial charge in [0.05, 0.1) is 5.56 Å². The van der Waals surface area contributed by atoms with Crippen molar-refractivity contribution in [3.8, 4) is 0 Å². The summed E-state index contributed by atoms with van der Waals surface area (Å²) in [6, 6.07) is 8.19. The van der Waals surface area contributed by atoms with Gasteiger partial charge in [-0.1, -0.05) is 18.2 Å². The molecule has 6 nitrogen and oxygen atoms in total. The third-order valence-corrected chi connectivity index (χ3v) is 4.70. The van der Waals surface area contributed by atoms with Crippen LogP contribution in [0.25, 0.3) is 0 Å². The van der Waals surface area contributed by atoms with Gasteiger partial charge in [-0.25, -0.2) is 4.39 Å². The smallest absolute Gasteiger partial charge is 0.270 e. The Morgan fingerprint density at radius 3 is 2.48 bits per heavy atom. The summed E-state index contributed by atoms with van der Waals surface area (Å²) >= 11 is 0. The first-order valence-corrected chi connectivity index (χ1v) is 8.23. The lowest BCUT2D eigenvalue weighted by Gasteiger charge is -2.38. The lowest BCUT2D eigenvalue weighted by atomic mass is 10.1. The van der Waals surface area contributed by atoms with E-state index in [-0.39, 0.29) is 23.3 Å². The summed E-state index contributed by atoms with van der Waals surface area (Å²) in [6.45, 7) is 4.38. The topological polar surface area (TPSA) is 82.4 Å². The molecule has 0 spiro atoms. The second-order valence-corrected chi connectivity index (χ2v) is 6.19. The van der Waals surface area contributed by atoms with E-state index in [1.165, 1.54) is 18.3 Å². The van der Waals surface area contributed by atoms with Crippen LogP contribution in [0.1, 0.15) is 39.4 Å². The molecule has 1 aliphatic heterocycles. The number of nitrogens with one attached hydrogen (secondary N) is 1. The van der Waals surface area contributed by atoms with Crippen molar-refractivity contribution < 1.29 is 14.0 Å². The average Bonchev–Trinajstić information content (AvgIpc) is 3.11. The normalized spacial score (nSPS) is 16.6. The number of benzene rings is 1. The van der Waals surface area contributed by atoms with E-state index in [1.807, 2.05) is 13.0 Å². The number of rotatable bonds is 4. The number of hydrogen-bond acceptors (Lipinski definition) is 3. The van der Waals surface area contributed by atoms with Crippen LogP contribution in [-0.4, -0.2) is 52.8 Å². The molecule has 1 aromatic heterocycles. The van der Waals surface area contributed by atoms with Crippen molar-refractivity contribution in [1.82, 2.24) is 14.8 Å². The summed E-state index contributed by atoms with van der Waals surface area (Å²) in [6.07, 6.45) is 1.44. The van der Waals surface area contributed by atoms with Gasteiger partial charge in [0.25, 0.3) is 5.91 Å². The van der Waals surface area contributed by atoms with E-state index in [9.17, 15) is 14.0 Å². The Morgan fingerprint density at radius 1 is 1.20 bits per heavy atom. The van der Waals surface area contributed by atoms with Crippen LogP contribution in [0.15, 0.2) is 36.5 Å². The highest BCUT2D eigenvalue weighted by Gasteiger charge is 2.27. The van der Waals surface area contributed by atoms with Crippen LogP contribution in [0.3, 0.4) is 0 Å². The molecule has 1 saturated heterocycles. The number of amides is 2. The number of hydrogen-bond donors (Lipinski definition) is 2. The maximum absolute atomic E-state index is 14.0.